The molecular weight excluding hydrogens is 141 g/mol. The molecular formula is C8H19NP+. The van der Waals surface area contributed by atoms with E-state index in [4.69, 9.17) is 0 Å². The summed E-state index contributed by atoms with van der Waals surface area (Å²) in [5, 5.41) is 3.43. The van der Waals surface area contributed by atoms with Gasteiger partial charge in [-0.15, -0.1) is 0 Å². The van der Waals surface area contributed by atoms with Crippen LogP contribution in [0, 0.1) is 0 Å². The van der Waals surface area contributed by atoms with Crippen LogP contribution in [0.1, 0.15) is 13.3 Å². The Hall–Kier alpha value is 0.390. The zero-order valence-electron chi connectivity index (χ0n) is 7.19. The van der Waals surface area contributed by atoms with Crippen molar-refractivity contribution >= 4 is 7.26 Å². The molecule has 1 nitrogen and oxygen atoms in total. The van der Waals surface area contributed by atoms with Crippen LogP contribution in [0.2, 0.25) is 0 Å². The summed E-state index contributed by atoms with van der Waals surface area (Å²) in [7, 11) is -0.426. The molecule has 1 saturated heterocycles. The van der Waals surface area contributed by atoms with Gasteiger partial charge in [-0.1, -0.05) is 6.92 Å². The van der Waals surface area contributed by atoms with E-state index < -0.39 is 7.26 Å². The molecule has 1 rings (SSSR count). The summed E-state index contributed by atoms with van der Waals surface area (Å²) in [5.41, 5.74) is 0. The van der Waals surface area contributed by atoms with Crippen molar-refractivity contribution in [3.63, 3.8) is 0 Å². The maximum absolute atomic E-state index is 3.43. The second-order valence-corrected chi connectivity index (χ2v) is 8.12. The van der Waals surface area contributed by atoms with Crippen LogP contribution in [-0.4, -0.2) is 38.2 Å². The third-order valence-electron chi connectivity index (χ3n) is 2.42. The van der Waals surface area contributed by atoms with Crippen molar-refractivity contribution in [1.82, 2.24) is 5.32 Å². The van der Waals surface area contributed by atoms with Gasteiger partial charge in [-0.3, -0.25) is 0 Å². The van der Waals surface area contributed by atoms with Crippen LogP contribution in [-0.2, 0) is 0 Å². The molecule has 0 bridgehead atoms. The Morgan fingerprint density at radius 3 is 2.40 bits per heavy atom. The summed E-state index contributed by atoms with van der Waals surface area (Å²) in [6, 6.07) is 0. The lowest BCUT2D eigenvalue weighted by Gasteiger charge is -2.27. The third kappa shape index (κ3) is 2.21. The Bertz CT molecular complexity index is 91.9. The van der Waals surface area contributed by atoms with Gasteiger partial charge in [0, 0.05) is 27.0 Å². The average molecular weight is 160 g/mol. The largest absolute Gasteiger partial charge is 0.310 e. The molecule has 0 aromatic rings. The highest BCUT2D eigenvalue weighted by Crippen LogP contribution is 2.55. The molecule has 1 aliphatic rings. The Balaban J connectivity index is 2.32. The van der Waals surface area contributed by atoms with Crippen LogP contribution in [0.5, 0.6) is 0 Å². The molecule has 60 valence electrons. The first-order valence-corrected chi connectivity index (χ1v) is 7.10. The molecule has 1 heterocycles. The quantitative estimate of drug-likeness (QED) is 0.606. The first-order chi connectivity index (χ1) is 4.77. The summed E-state index contributed by atoms with van der Waals surface area (Å²) >= 11 is 0. The van der Waals surface area contributed by atoms with Crippen LogP contribution in [0.15, 0.2) is 0 Å². The highest BCUT2D eigenvalue weighted by molar-refractivity contribution is 7.75. The third-order valence-corrected chi connectivity index (χ3v) is 6.55. The van der Waals surface area contributed by atoms with E-state index in [0.717, 1.165) is 0 Å². The number of hydrogen-bond acceptors (Lipinski definition) is 1. The van der Waals surface area contributed by atoms with E-state index >= 15 is 0 Å². The molecule has 0 spiro atoms. The molecule has 0 unspecified atom stereocenters. The van der Waals surface area contributed by atoms with Gasteiger partial charge >= 0.3 is 0 Å². The lowest BCUT2D eigenvalue weighted by atomic mass is 10.6. The number of rotatable bonds is 2. The van der Waals surface area contributed by atoms with Crippen molar-refractivity contribution in [3.05, 3.63) is 0 Å². The van der Waals surface area contributed by atoms with Crippen molar-refractivity contribution in [1.29, 1.82) is 0 Å². The maximum Gasteiger partial charge on any atom is 0.0716 e. The molecule has 1 N–H and O–H groups in total. The number of nitrogens with one attached hydrogen (secondary N) is 1. The summed E-state index contributed by atoms with van der Waals surface area (Å²) in [4.78, 5) is 0. The van der Waals surface area contributed by atoms with Gasteiger partial charge in [0.05, 0.1) is 18.5 Å². The Morgan fingerprint density at radius 2 is 1.90 bits per heavy atom. The fraction of sp³-hybridized carbons (Fsp3) is 1.00. The van der Waals surface area contributed by atoms with Gasteiger partial charge < -0.3 is 5.32 Å². The summed E-state index contributed by atoms with van der Waals surface area (Å²) in [6.45, 7) is 7.42. The van der Waals surface area contributed by atoms with E-state index in [-0.39, 0.29) is 0 Å². The van der Waals surface area contributed by atoms with E-state index in [2.05, 4.69) is 18.9 Å². The molecule has 0 aromatic heterocycles. The van der Waals surface area contributed by atoms with Crippen LogP contribution < -0.4 is 5.32 Å². The van der Waals surface area contributed by atoms with E-state index in [1.807, 2.05) is 0 Å². The molecule has 0 aromatic carbocycles. The van der Waals surface area contributed by atoms with E-state index in [0.29, 0.717) is 0 Å². The Kier molecular flexibility index (Phi) is 3.13. The Morgan fingerprint density at radius 1 is 1.30 bits per heavy atom. The second kappa shape index (κ2) is 3.69. The van der Waals surface area contributed by atoms with Gasteiger partial charge in [0.15, 0.2) is 0 Å². The lowest BCUT2D eigenvalue weighted by Crippen LogP contribution is -2.31. The molecule has 1 aliphatic heterocycles. The van der Waals surface area contributed by atoms with Gasteiger partial charge in [0.25, 0.3) is 0 Å². The van der Waals surface area contributed by atoms with Crippen LogP contribution in [0.25, 0.3) is 0 Å². The summed E-state index contributed by atoms with van der Waals surface area (Å²) < 4.78 is 0. The minimum atomic E-state index is -0.426. The van der Waals surface area contributed by atoms with Crippen molar-refractivity contribution in [2.75, 3.05) is 38.2 Å². The minimum absolute atomic E-state index is 0.426. The molecule has 0 aliphatic carbocycles. The number of hydrogen-bond donors (Lipinski definition) is 1. The van der Waals surface area contributed by atoms with Crippen molar-refractivity contribution in [3.8, 4) is 0 Å². The Labute approximate surface area is 64.9 Å². The van der Waals surface area contributed by atoms with E-state index in [1.165, 1.54) is 38.0 Å². The SMILES string of the molecule is CCC[P+]1(C)CCNCC1. The van der Waals surface area contributed by atoms with E-state index in [9.17, 15) is 0 Å². The molecule has 0 atom stereocenters. The van der Waals surface area contributed by atoms with Crippen LogP contribution in [0.4, 0.5) is 0 Å². The van der Waals surface area contributed by atoms with Crippen molar-refractivity contribution < 1.29 is 0 Å². The fourth-order valence-corrected chi connectivity index (χ4v) is 4.84. The highest BCUT2D eigenvalue weighted by Gasteiger charge is 2.31. The highest BCUT2D eigenvalue weighted by atomic mass is 31.2. The van der Waals surface area contributed by atoms with Gasteiger partial charge in [-0.2, -0.15) is 0 Å². The van der Waals surface area contributed by atoms with Gasteiger partial charge in [-0.05, 0) is 6.42 Å². The minimum Gasteiger partial charge on any atom is -0.310 e. The monoisotopic (exact) mass is 160 g/mol. The zero-order valence-corrected chi connectivity index (χ0v) is 8.08. The first kappa shape index (κ1) is 8.49. The zero-order chi connectivity index (χ0) is 7.45. The van der Waals surface area contributed by atoms with Crippen molar-refractivity contribution in [2.45, 2.75) is 13.3 Å². The molecule has 10 heavy (non-hydrogen) atoms. The molecule has 0 saturated carbocycles. The topological polar surface area (TPSA) is 12.0 Å². The maximum atomic E-state index is 3.43. The lowest BCUT2D eigenvalue weighted by molar-refractivity contribution is 0.738. The molecule has 0 radical (unpaired) electrons. The second-order valence-electron chi connectivity index (χ2n) is 3.54. The molecule has 0 amide bonds. The van der Waals surface area contributed by atoms with Crippen LogP contribution in [0.3, 0.4) is 0 Å². The predicted octanol–water partition coefficient (Wildman–Crippen LogP) is 1.65. The van der Waals surface area contributed by atoms with Gasteiger partial charge in [0.2, 0.25) is 0 Å². The van der Waals surface area contributed by atoms with Gasteiger partial charge in [0.1, 0.15) is 0 Å². The fourth-order valence-electron chi connectivity index (χ4n) is 1.70. The standard InChI is InChI=1S/C8H19NP/c1-3-6-10(2)7-4-9-5-8-10/h9H,3-8H2,1-2H3/q+1. The first-order valence-electron chi connectivity index (χ1n) is 4.31. The van der Waals surface area contributed by atoms with Gasteiger partial charge in [-0.25, -0.2) is 0 Å². The smallest absolute Gasteiger partial charge is 0.0716 e. The summed E-state index contributed by atoms with van der Waals surface area (Å²) in [6.07, 6.45) is 5.89. The molecule has 2 heteroatoms. The van der Waals surface area contributed by atoms with Crippen molar-refractivity contribution in [2.24, 2.45) is 0 Å². The van der Waals surface area contributed by atoms with Crippen LogP contribution >= 0.6 is 7.26 Å². The predicted molar refractivity (Wildman–Crippen MR) is 50.6 cm³/mol. The summed E-state index contributed by atoms with van der Waals surface area (Å²) in [5.74, 6) is 0. The normalized spacial score (nSPS) is 24.6. The molecule has 1 fully saturated rings. The van der Waals surface area contributed by atoms with E-state index in [1.54, 1.807) is 0 Å². The average Bonchev–Trinajstić information content (AvgIpc) is 1.89.